The van der Waals surface area contributed by atoms with Crippen molar-refractivity contribution >= 4 is 22.5 Å². The van der Waals surface area contributed by atoms with E-state index < -0.39 is 4.92 Å². The van der Waals surface area contributed by atoms with Gasteiger partial charge in [0, 0.05) is 31.3 Å². The number of fused-ring (bicyclic) bond motifs is 2. The number of hydrogen-bond donors (Lipinski definition) is 1. The van der Waals surface area contributed by atoms with E-state index in [-0.39, 0.29) is 5.69 Å². The molecule has 1 N–H and O–H groups in total. The molecule has 3 heterocycles. The molecule has 0 saturated carbocycles. The summed E-state index contributed by atoms with van der Waals surface area (Å²) in [6.45, 7) is 0.608. The first-order valence-corrected chi connectivity index (χ1v) is 9.08. The standard InChI is InChI=1S/C21H17N5O3/c1-25-19(12-3-5-14(6-4-12)26(27)28)17-16-8-7-15(29-2)9-13(16)10-22-20-18(17)21(25)24-11-23-20/h3-9,11H,10H2,1-2H3,(H,22,23,24). The summed E-state index contributed by atoms with van der Waals surface area (Å²) >= 11 is 0. The van der Waals surface area contributed by atoms with Gasteiger partial charge in [-0.05, 0) is 41.0 Å². The third kappa shape index (κ3) is 2.53. The van der Waals surface area contributed by atoms with E-state index in [1.54, 1.807) is 25.6 Å². The summed E-state index contributed by atoms with van der Waals surface area (Å²) in [7, 11) is 3.60. The lowest BCUT2D eigenvalue weighted by Crippen LogP contribution is -2.03. The zero-order valence-electron chi connectivity index (χ0n) is 15.8. The van der Waals surface area contributed by atoms with Crippen molar-refractivity contribution < 1.29 is 9.66 Å². The lowest BCUT2D eigenvalue weighted by atomic mass is 9.95. The number of nitro groups is 1. The Kier molecular flexibility index (Phi) is 3.73. The van der Waals surface area contributed by atoms with E-state index >= 15 is 0 Å². The Morgan fingerprint density at radius 2 is 1.97 bits per heavy atom. The van der Waals surface area contributed by atoms with Crippen molar-refractivity contribution in [2.75, 3.05) is 12.4 Å². The Morgan fingerprint density at radius 1 is 1.17 bits per heavy atom. The second kappa shape index (κ2) is 6.30. The molecule has 0 fully saturated rings. The summed E-state index contributed by atoms with van der Waals surface area (Å²) in [6, 6.07) is 12.6. The average Bonchev–Trinajstić information content (AvgIpc) is 2.94. The summed E-state index contributed by atoms with van der Waals surface area (Å²) in [4.78, 5) is 19.6. The summed E-state index contributed by atoms with van der Waals surface area (Å²) in [6.07, 6.45) is 1.55. The van der Waals surface area contributed by atoms with E-state index in [0.29, 0.717) is 6.54 Å². The Hall–Kier alpha value is -3.94. The van der Waals surface area contributed by atoms with Crippen molar-refractivity contribution in [1.29, 1.82) is 0 Å². The number of benzene rings is 2. The molecule has 2 aromatic heterocycles. The smallest absolute Gasteiger partial charge is 0.269 e. The number of ether oxygens (including phenoxy) is 1. The molecule has 0 aliphatic carbocycles. The summed E-state index contributed by atoms with van der Waals surface area (Å²) in [5.74, 6) is 1.55. The van der Waals surface area contributed by atoms with Crippen LogP contribution in [-0.2, 0) is 13.6 Å². The van der Waals surface area contributed by atoms with E-state index in [1.807, 2.05) is 29.8 Å². The first-order chi connectivity index (χ1) is 14.1. The third-order valence-corrected chi connectivity index (χ3v) is 5.35. The molecule has 1 aliphatic rings. The fraction of sp³-hybridized carbons (Fsp3) is 0.143. The van der Waals surface area contributed by atoms with Crippen LogP contribution in [0.5, 0.6) is 5.75 Å². The zero-order chi connectivity index (χ0) is 20.1. The molecule has 5 rings (SSSR count). The van der Waals surface area contributed by atoms with Gasteiger partial charge in [-0.1, -0.05) is 6.07 Å². The van der Waals surface area contributed by atoms with E-state index in [0.717, 1.165) is 50.5 Å². The molecular formula is C21H17N5O3. The van der Waals surface area contributed by atoms with Gasteiger partial charge in [-0.15, -0.1) is 0 Å². The Balaban J connectivity index is 1.85. The maximum Gasteiger partial charge on any atom is 0.269 e. The summed E-state index contributed by atoms with van der Waals surface area (Å²) in [5.41, 5.74) is 5.83. The summed E-state index contributed by atoms with van der Waals surface area (Å²) < 4.78 is 7.41. The van der Waals surface area contributed by atoms with Crippen molar-refractivity contribution in [2.45, 2.75) is 6.54 Å². The monoisotopic (exact) mass is 387 g/mol. The predicted octanol–water partition coefficient (Wildman–Crippen LogP) is 4.14. The van der Waals surface area contributed by atoms with Crippen LogP contribution in [0.1, 0.15) is 5.56 Å². The molecule has 2 aromatic carbocycles. The van der Waals surface area contributed by atoms with E-state index in [9.17, 15) is 10.1 Å². The first-order valence-electron chi connectivity index (χ1n) is 9.08. The Morgan fingerprint density at radius 3 is 2.69 bits per heavy atom. The van der Waals surface area contributed by atoms with Gasteiger partial charge in [0.05, 0.1) is 23.1 Å². The Bertz CT molecular complexity index is 1280. The highest BCUT2D eigenvalue weighted by molar-refractivity contribution is 6.09. The van der Waals surface area contributed by atoms with Crippen LogP contribution >= 0.6 is 0 Å². The normalized spacial score (nSPS) is 12.2. The lowest BCUT2D eigenvalue weighted by molar-refractivity contribution is -0.384. The molecule has 0 amide bonds. The molecular weight excluding hydrogens is 370 g/mol. The quantitative estimate of drug-likeness (QED) is 0.419. The van der Waals surface area contributed by atoms with Gasteiger partial charge in [-0.3, -0.25) is 10.1 Å². The molecule has 0 radical (unpaired) electrons. The molecule has 0 saturated heterocycles. The van der Waals surface area contributed by atoms with Crippen LogP contribution in [0.3, 0.4) is 0 Å². The van der Waals surface area contributed by atoms with Crippen molar-refractivity contribution in [1.82, 2.24) is 14.5 Å². The number of non-ortho nitro benzene ring substituents is 1. The van der Waals surface area contributed by atoms with Gasteiger partial charge < -0.3 is 14.6 Å². The minimum Gasteiger partial charge on any atom is -0.497 e. The van der Waals surface area contributed by atoms with Crippen molar-refractivity contribution in [3.8, 4) is 28.1 Å². The van der Waals surface area contributed by atoms with Gasteiger partial charge in [0.2, 0.25) is 0 Å². The van der Waals surface area contributed by atoms with Crippen molar-refractivity contribution in [3.63, 3.8) is 0 Å². The third-order valence-electron chi connectivity index (χ3n) is 5.35. The van der Waals surface area contributed by atoms with Gasteiger partial charge in [-0.25, -0.2) is 9.97 Å². The molecule has 4 aromatic rings. The van der Waals surface area contributed by atoms with E-state index in [4.69, 9.17) is 4.74 Å². The van der Waals surface area contributed by atoms with E-state index in [1.165, 1.54) is 12.1 Å². The number of nitrogens with zero attached hydrogens (tertiary/aromatic N) is 4. The molecule has 1 aliphatic heterocycles. The fourth-order valence-corrected chi connectivity index (χ4v) is 3.99. The fourth-order valence-electron chi connectivity index (χ4n) is 3.99. The van der Waals surface area contributed by atoms with Crippen LogP contribution in [0.4, 0.5) is 11.5 Å². The topological polar surface area (TPSA) is 95.1 Å². The predicted molar refractivity (Wildman–Crippen MR) is 110 cm³/mol. The highest BCUT2D eigenvalue weighted by atomic mass is 16.6. The molecule has 144 valence electrons. The van der Waals surface area contributed by atoms with Crippen molar-refractivity contribution in [2.24, 2.45) is 7.05 Å². The molecule has 8 heteroatoms. The zero-order valence-corrected chi connectivity index (χ0v) is 15.8. The van der Waals surface area contributed by atoms with Gasteiger partial charge in [-0.2, -0.15) is 0 Å². The van der Waals surface area contributed by atoms with Gasteiger partial charge in [0.25, 0.3) is 5.69 Å². The second-order valence-corrected chi connectivity index (χ2v) is 6.88. The number of anilines is 1. The lowest BCUT2D eigenvalue weighted by Gasteiger charge is -2.12. The minimum atomic E-state index is -0.393. The number of nitro benzene ring substituents is 1. The minimum absolute atomic E-state index is 0.0608. The van der Waals surface area contributed by atoms with Gasteiger partial charge in [0.15, 0.2) is 0 Å². The van der Waals surface area contributed by atoms with Gasteiger partial charge >= 0.3 is 0 Å². The van der Waals surface area contributed by atoms with Crippen LogP contribution in [0.25, 0.3) is 33.4 Å². The number of aromatic nitrogens is 3. The van der Waals surface area contributed by atoms with Crippen LogP contribution in [0.2, 0.25) is 0 Å². The van der Waals surface area contributed by atoms with Crippen LogP contribution < -0.4 is 10.1 Å². The second-order valence-electron chi connectivity index (χ2n) is 6.88. The molecule has 0 atom stereocenters. The molecule has 0 bridgehead atoms. The largest absolute Gasteiger partial charge is 0.497 e. The number of rotatable bonds is 3. The first kappa shape index (κ1) is 17.2. The molecule has 0 unspecified atom stereocenters. The van der Waals surface area contributed by atoms with E-state index in [2.05, 4.69) is 15.3 Å². The van der Waals surface area contributed by atoms with Crippen molar-refractivity contribution in [3.05, 3.63) is 64.5 Å². The number of hydrogen-bond acceptors (Lipinski definition) is 6. The Labute approximate surface area is 165 Å². The van der Waals surface area contributed by atoms with Gasteiger partial charge in [0.1, 0.15) is 23.5 Å². The molecule has 29 heavy (non-hydrogen) atoms. The molecule has 8 nitrogen and oxygen atoms in total. The maximum absolute atomic E-state index is 11.1. The molecule has 0 spiro atoms. The SMILES string of the molecule is COc1ccc2c(c1)CNc1ncnc3c1c-2c(-c1ccc([N+](=O)[O-])cc1)n3C. The van der Waals surface area contributed by atoms with Crippen LogP contribution in [0.15, 0.2) is 48.8 Å². The number of aryl methyl sites for hydroxylation is 1. The average molecular weight is 387 g/mol. The highest BCUT2D eigenvalue weighted by Gasteiger charge is 2.26. The summed E-state index contributed by atoms with van der Waals surface area (Å²) in [5, 5.41) is 15.4. The number of nitrogens with one attached hydrogen (secondary N) is 1. The highest BCUT2D eigenvalue weighted by Crippen LogP contribution is 2.45. The number of methoxy groups -OCH3 is 1. The van der Waals surface area contributed by atoms with Crippen LogP contribution in [-0.4, -0.2) is 26.6 Å². The van der Waals surface area contributed by atoms with Crippen LogP contribution in [0, 0.1) is 10.1 Å². The maximum atomic E-state index is 11.1.